The van der Waals surface area contributed by atoms with Crippen LogP contribution in [0.25, 0.3) is 22.9 Å². The summed E-state index contributed by atoms with van der Waals surface area (Å²) in [5, 5.41) is 7.18. The Balaban J connectivity index is 1.31. The van der Waals surface area contributed by atoms with Gasteiger partial charge in [-0.3, -0.25) is 24.1 Å². The number of carbonyl (C=O) groups is 4. The molecule has 0 atom stereocenters. The number of imide groups is 2. The number of carbonyl (C=O) groups excluding carboxylic acids is 4. The Labute approximate surface area is 315 Å². The van der Waals surface area contributed by atoms with E-state index in [9.17, 15) is 45.5 Å². The largest absolute Gasteiger partial charge is 0.418 e. The van der Waals surface area contributed by atoms with Gasteiger partial charge in [0.2, 0.25) is 17.2 Å². The van der Waals surface area contributed by atoms with Crippen molar-refractivity contribution in [1.29, 1.82) is 0 Å². The fourth-order valence-electron chi connectivity index (χ4n) is 6.88. The molecule has 1 aromatic heterocycles. The van der Waals surface area contributed by atoms with Gasteiger partial charge in [0.05, 0.1) is 39.1 Å². The molecule has 2 aliphatic heterocycles. The first-order chi connectivity index (χ1) is 26.8. The first-order valence-corrected chi connectivity index (χ1v) is 16.2. The van der Waals surface area contributed by atoms with Crippen molar-refractivity contribution in [3.05, 3.63) is 123 Å². The SMILES string of the molecule is Cc1ccc(-c2nnc(-c3ccc(N4C(=O)c5ccc(C(c6ccc7c(c6)C(=O)N(C)C7=O)(C(F)(F)F)C(F)(F)F)cc5C4=O)c(C(F)(F)F)c3)o2)cc1C(F)(F)F. The summed E-state index contributed by atoms with van der Waals surface area (Å²) in [6.45, 7) is 1.18. The quantitative estimate of drug-likeness (QED) is 0.128. The van der Waals surface area contributed by atoms with E-state index >= 15 is 26.3 Å². The fraction of sp³-hybridized carbons (Fsp3) is 0.189. The molecular formula is C37H18F12N4O5. The minimum Gasteiger partial charge on any atom is -0.416 e. The molecule has 0 fully saturated rings. The van der Waals surface area contributed by atoms with Crippen LogP contribution in [0.5, 0.6) is 0 Å². The number of hydrogen-bond acceptors (Lipinski definition) is 7. The molecule has 0 spiro atoms. The van der Waals surface area contributed by atoms with Gasteiger partial charge >= 0.3 is 24.7 Å². The van der Waals surface area contributed by atoms with E-state index in [1.54, 1.807) is 0 Å². The van der Waals surface area contributed by atoms with Gasteiger partial charge in [0.1, 0.15) is 0 Å². The topological polar surface area (TPSA) is 114 Å². The monoisotopic (exact) mass is 826 g/mol. The Hall–Kier alpha value is -6.54. The van der Waals surface area contributed by atoms with Gasteiger partial charge in [0.25, 0.3) is 23.6 Å². The van der Waals surface area contributed by atoms with Crippen LogP contribution in [0.3, 0.4) is 0 Å². The maximum atomic E-state index is 15.0. The lowest BCUT2D eigenvalue weighted by molar-refractivity contribution is -0.288. The maximum Gasteiger partial charge on any atom is 0.418 e. The molecular weight excluding hydrogens is 808 g/mol. The molecule has 4 amide bonds. The second-order valence-corrected chi connectivity index (χ2v) is 13.1. The molecule has 3 heterocycles. The summed E-state index contributed by atoms with van der Waals surface area (Å²) in [6, 6.07) is 6.51. The van der Waals surface area contributed by atoms with E-state index < -0.39 is 121 Å². The fourth-order valence-corrected chi connectivity index (χ4v) is 6.88. The van der Waals surface area contributed by atoms with Crippen LogP contribution in [-0.4, -0.2) is 58.1 Å². The summed E-state index contributed by atoms with van der Waals surface area (Å²) in [7, 11) is 0.948. The standard InChI is InChI=1S/C37H18F12N4O5/c1-15-3-4-16(11-24(15)34(38,39)40)27-50-51-28(58-27)17-5-10-26(25(12-17)35(41,42)43)53-31(56)21-9-7-19(14-23(21)32(53)57)33(36(44,45)46,37(47,48)49)18-6-8-20-22(13-18)30(55)52(2)29(20)54/h3-14H,1-2H3. The number of amides is 4. The molecule has 0 aliphatic carbocycles. The Morgan fingerprint density at radius 1 is 0.517 bits per heavy atom. The average molecular weight is 827 g/mol. The Morgan fingerprint density at radius 2 is 0.948 bits per heavy atom. The van der Waals surface area contributed by atoms with Gasteiger partial charge in [-0.15, -0.1) is 10.2 Å². The van der Waals surface area contributed by atoms with E-state index in [0.717, 1.165) is 19.2 Å². The molecule has 2 aliphatic rings. The first-order valence-electron chi connectivity index (χ1n) is 16.2. The number of anilines is 1. The van der Waals surface area contributed by atoms with Crippen molar-refractivity contribution in [2.24, 2.45) is 0 Å². The second-order valence-electron chi connectivity index (χ2n) is 13.1. The molecule has 0 saturated heterocycles. The molecule has 0 N–H and O–H groups in total. The third-order valence-electron chi connectivity index (χ3n) is 9.70. The van der Waals surface area contributed by atoms with Crippen LogP contribution >= 0.6 is 0 Å². The summed E-state index contributed by atoms with van der Waals surface area (Å²) in [6.07, 6.45) is -22.8. The lowest BCUT2D eigenvalue weighted by Gasteiger charge is -2.38. The lowest BCUT2D eigenvalue weighted by Crippen LogP contribution is -2.55. The van der Waals surface area contributed by atoms with Crippen LogP contribution in [0, 0.1) is 6.92 Å². The van der Waals surface area contributed by atoms with Crippen LogP contribution in [-0.2, 0) is 17.8 Å². The van der Waals surface area contributed by atoms with E-state index in [4.69, 9.17) is 4.42 Å². The van der Waals surface area contributed by atoms with Crippen LogP contribution in [0.1, 0.15) is 69.2 Å². The highest BCUT2D eigenvalue weighted by Crippen LogP contribution is 2.57. The minimum absolute atomic E-state index is 0.0692. The number of hydrogen-bond donors (Lipinski definition) is 0. The normalized spacial score (nSPS) is 15.1. The Bertz CT molecular complexity index is 2590. The van der Waals surface area contributed by atoms with Crippen LogP contribution in [0.15, 0.2) is 77.2 Å². The predicted octanol–water partition coefficient (Wildman–Crippen LogP) is 9.19. The number of benzene rings is 4. The molecule has 58 heavy (non-hydrogen) atoms. The van der Waals surface area contributed by atoms with E-state index in [-0.39, 0.29) is 34.2 Å². The molecule has 21 heteroatoms. The number of nitrogens with zero attached hydrogens (tertiary/aromatic N) is 4. The van der Waals surface area contributed by atoms with Crippen LogP contribution in [0.4, 0.5) is 58.4 Å². The van der Waals surface area contributed by atoms with Gasteiger partial charge in [0, 0.05) is 18.2 Å². The smallest absolute Gasteiger partial charge is 0.416 e. The molecule has 0 radical (unpaired) electrons. The summed E-state index contributed by atoms with van der Waals surface area (Å²) >= 11 is 0. The predicted molar refractivity (Wildman–Crippen MR) is 173 cm³/mol. The molecule has 9 nitrogen and oxygen atoms in total. The van der Waals surface area contributed by atoms with Crippen molar-refractivity contribution in [3.8, 4) is 22.9 Å². The summed E-state index contributed by atoms with van der Waals surface area (Å²) in [4.78, 5) is 52.4. The zero-order chi connectivity index (χ0) is 42.7. The molecule has 5 aromatic rings. The van der Waals surface area contributed by atoms with Gasteiger partial charge in [0.15, 0.2) is 0 Å². The third-order valence-corrected chi connectivity index (χ3v) is 9.70. The molecule has 0 bridgehead atoms. The molecule has 7 rings (SSSR count). The lowest BCUT2D eigenvalue weighted by atomic mass is 9.71. The van der Waals surface area contributed by atoms with Gasteiger partial charge in [-0.2, -0.15) is 52.7 Å². The van der Waals surface area contributed by atoms with Crippen molar-refractivity contribution < 1.29 is 76.3 Å². The highest BCUT2D eigenvalue weighted by atomic mass is 19.4. The van der Waals surface area contributed by atoms with E-state index in [1.165, 1.54) is 13.0 Å². The summed E-state index contributed by atoms with van der Waals surface area (Å²) < 4.78 is 180. The average Bonchev–Trinajstić information content (AvgIpc) is 3.77. The van der Waals surface area contributed by atoms with Gasteiger partial charge in [-0.05, 0) is 78.2 Å². The van der Waals surface area contributed by atoms with Crippen molar-refractivity contribution in [3.63, 3.8) is 0 Å². The maximum absolute atomic E-state index is 15.0. The number of rotatable bonds is 5. The molecule has 0 saturated carbocycles. The summed E-state index contributed by atoms with van der Waals surface area (Å²) in [5.41, 5.74) is -16.5. The van der Waals surface area contributed by atoms with Crippen molar-refractivity contribution in [2.75, 3.05) is 11.9 Å². The third kappa shape index (κ3) is 5.89. The summed E-state index contributed by atoms with van der Waals surface area (Å²) in [5.74, 6) is -6.70. The molecule has 4 aromatic carbocycles. The highest BCUT2D eigenvalue weighted by Gasteiger charge is 2.73. The van der Waals surface area contributed by atoms with Gasteiger partial charge in [-0.25, -0.2) is 4.90 Å². The second kappa shape index (κ2) is 12.7. The van der Waals surface area contributed by atoms with Crippen molar-refractivity contribution >= 4 is 29.3 Å². The van der Waals surface area contributed by atoms with E-state index in [2.05, 4.69) is 10.2 Å². The van der Waals surface area contributed by atoms with Crippen LogP contribution in [0.2, 0.25) is 0 Å². The van der Waals surface area contributed by atoms with Crippen LogP contribution < -0.4 is 4.90 Å². The zero-order valence-corrected chi connectivity index (χ0v) is 28.8. The number of fused-ring (bicyclic) bond motifs is 2. The first kappa shape index (κ1) is 39.7. The number of aryl methyl sites for hydroxylation is 1. The highest BCUT2D eigenvalue weighted by molar-refractivity contribution is 6.34. The number of aromatic nitrogens is 2. The Morgan fingerprint density at radius 3 is 1.45 bits per heavy atom. The van der Waals surface area contributed by atoms with Crippen molar-refractivity contribution in [2.45, 2.75) is 37.0 Å². The van der Waals surface area contributed by atoms with Crippen molar-refractivity contribution in [1.82, 2.24) is 15.1 Å². The number of halogens is 12. The Kier molecular flexibility index (Phi) is 8.71. The van der Waals surface area contributed by atoms with E-state index in [0.29, 0.717) is 41.3 Å². The minimum atomic E-state index is -6.29. The molecule has 0 unspecified atom stereocenters. The van der Waals surface area contributed by atoms with E-state index in [1.807, 2.05) is 0 Å². The van der Waals surface area contributed by atoms with Gasteiger partial charge < -0.3 is 4.42 Å². The zero-order valence-electron chi connectivity index (χ0n) is 28.8. The molecule has 300 valence electrons. The van der Waals surface area contributed by atoms with Gasteiger partial charge in [-0.1, -0.05) is 18.2 Å². The number of alkyl halides is 12.